The van der Waals surface area contributed by atoms with E-state index in [0.717, 1.165) is 0 Å². The van der Waals surface area contributed by atoms with Crippen LogP contribution < -0.4 is 5.43 Å². The van der Waals surface area contributed by atoms with Crippen molar-refractivity contribution in [1.29, 1.82) is 0 Å². The van der Waals surface area contributed by atoms with Gasteiger partial charge in [0.1, 0.15) is 5.82 Å². The zero-order valence-corrected chi connectivity index (χ0v) is 7.41. The Morgan fingerprint density at radius 2 is 2.42 bits per heavy atom. The number of rotatable bonds is 3. The summed E-state index contributed by atoms with van der Waals surface area (Å²) in [5.74, 6) is 0.636. The summed E-state index contributed by atoms with van der Waals surface area (Å²) in [4.78, 5) is 3.95. The smallest absolute Gasteiger partial charge is 0.147 e. The van der Waals surface area contributed by atoms with E-state index in [0.29, 0.717) is 17.4 Å². The molecule has 0 atom stereocenters. The van der Waals surface area contributed by atoms with Gasteiger partial charge in [-0.2, -0.15) is 5.11 Å². The highest BCUT2D eigenvalue weighted by Crippen LogP contribution is 2.09. The van der Waals surface area contributed by atoms with Crippen LogP contribution in [-0.4, -0.2) is 11.5 Å². The minimum atomic E-state index is 0.605. The van der Waals surface area contributed by atoms with Crippen molar-refractivity contribution in [2.45, 2.75) is 6.92 Å². The van der Waals surface area contributed by atoms with Crippen LogP contribution in [0.15, 0.2) is 28.7 Å². The lowest BCUT2D eigenvalue weighted by atomic mass is 10.5. The van der Waals surface area contributed by atoms with Crippen molar-refractivity contribution in [3.05, 3.63) is 23.4 Å². The maximum absolute atomic E-state index is 5.63. The van der Waals surface area contributed by atoms with Gasteiger partial charge in [-0.15, -0.1) is 0 Å². The molecule has 12 heavy (non-hydrogen) atoms. The Hall–Kier alpha value is -1.16. The van der Waals surface area contributed by atoms with Crippen LogP contribution in [0.2, 0.25) is 5.02 Å². The molecule has 1 N–H and O–H groups in total. The summed E-state index contributed by atoms with van der Waals surface area (Å²) in [7, 11) is 0. The second-order valence-electron chi connectivity index (χ2n) is 2.03. The molecule has 0 aliphatic heterocycles. The Morgan fingerprint density at radius 3 is 3.00 bits per heavy atom. The molecule has 1 heterocycles. The van der Waals surface area contributed by atoms with Gasteiger partial charge in [-0.25, -0.2) is 10.4 Å². The molecule has 0 spiro atoms. The molecular weight excluding hydrogens is 176 g/mol. The van der Waals surface area contributed by atoms with E-state index in [-0.39, 0.29) is 0 Å². The molecule has 64 valence electrons. The summed E-state index contributed by atoms with van der Waals surface area (Å²) >= 11 is 5.63. The van der Waals surface area contributed by atoms with Crippen molar-refractivity contribution in [1.82, 2.24) is 4.98 Å². The number of aromatic nitrogens is 1. The quantitative estimate of drug-likeness (QED) is 0.580. The van der Waals surface area contributed by atoms with E-state index in [1.807, 2.05) is 6.92 Å². The van der Waals surface area contributed by atoms with Gasteiger partial charge in [-0.05, 0) is 19.1 Å². The van der Waals surface area contributed by atoms with Gasteiger partial charge in [0.05, 0.1) is 11.6 Å². The molecule has 0 saturated heterocycles. The van der Waals surface area contributed by atoms with Crippen LogP contribution in [0.1, 0.15) is 6.92 Å². The highest BCUT2D eigenvalue weighted by molar-refractivity contribution is 6.30. The topological polar surface area (TPSA) is 49.6 Å². The van der Waals surface area contributed by atoms with Crippen LogP contribution >= 0.6 is 11.6 Å². The number of nitrogens with zero attached hydrogens (tertiary/aromatic N) is 3. The van der Waals surface area contributed by atoms with Crippen molar-refractivity contribution < 1.29 is 0 Å². The Morgan fingerprint density at radius 1 is 1.58 bits per heavy atom. The average molecular weight is 185 g/mol. The number of hydrogen-bond acceptors (Lipinski definition) is 3. The first kappa shape index (κ1) is 8.93. The maximum Gasteiger partial charge on any atom is 0.147 e. The van der Waals surface area contributed by atoms with E-state index < -0.39 is 0 Å². The molecule has 0 saturated carbocycles. The van der Waals surface area contributed by atoms with Gasteiger partial charge in [0.25, 0.3) is 0 Å². The Kier molecular flexibility index (Phi) is 3.47. The lowest BCUT2D eigenvalue weighted by Gasteiger charge is -1.95. The number of halogens is 1. The molecular formula is C7H9ClN4. The van der Waals surface area contributed by atoms with Crippen LogP contribution in [0.3, 0.4) is 0 Å². The Labute approximate surface area is 75.7 Å². The van der Waals surface area contributed by atoms with Crippen LogP contribution in [-0.2, 0) is 0 Å². The number of nitrogens with one attached hydrogen (secondary N) is 1. The predicted octanol–water partition coefficient (Wildman–Crippen LogP) is 2.53. The van der Waals surface area contributed by atoms with Crippen LogP contribution in [0.4, 0.5) is 5.82 Å². The van der Waals surface area contributed by atoms with Gasteiger partial charge in [0.15, 0.2) is 0 Å². The van der Waals surface area contributed by atoms with Crippen molar-refractivity contribution in [3.63, 3.8) is 0 Å². The average Bonchev–Trinajstić information content (AvgIpc) is 2.09. The van der Waals surface area contributed by atoms with Crippen molar-refractivity contribution in [2.75, 3.05) is 12.0 Å². The lowest BCUT2D eigenvalue weighted by Crippen LogP contribution is -1.89. The SMILES string of the molecule is CCN=NNc1ccc(Cl)cn1. The minimum absolute atomic E-state index is 0.605. The zero-order chi connectivity index (χ0) is 8.81. The summed E-state index contributed by atoms with van der Waals surface area (Å²) in [5.41, 5.74) is 2.66. The van der Waals surface area contributed by atoms with E-state index in [9.17, 15) is 0 Å². The van der Waals surface area contributed by atoms with Gasteiger partial charge in [0.2, 0.25) is 0 Å². The standard InChI is InChI=1S/C7H9ClN4/c1-2-10-12-11-7-4-3-6(8)5-9-7/h3-5H,2H2,1H3,(H,9,10,11). The first-order chi connectivity index (χ1) is 5.83. The zero-order valence-electron chi connectivity index (χ0n) is 6.66. The van der Waals surface area contributed by atoms with E-state index in [1.165, 1.54) is 0 Å². The fraction of sp³-hybridized carbons (Fsp3) is 0.286. The highest BCUT2D eigenvalue weighted by atomic mass is 35.5. The summed E-state index contributed by atoms with van der Waals surface area (Å²) in [6.07, 6.45) is 1.55. The molecule has 1 rings (SSSR count). The minimum Gasteiger partial charge on any atom is -0.243 e. The summed E-state index contributed by atoms with van der Waals surface area (Å²) in [6.45, 7) is 2.56. The van der Waals surface area contributed by atoms with E-state index in [1.54, 1.807) is 18.3 Å². The second kappa shape index (κ2) is 4.66. The summed E-state index contributed by atoms with van der Waals surface area (Å²) < 4.78 is 0. The van der Waals surface area contributed by atoms with Gasteiger partial charge in [-0.3, -0.25) is 0 Å². The third-order valence-electron chi connectivity index (χ3n) is 1.10. The number of pyridine rings is 1. The third kappa shape index (κ3) is 2.84. The first-order valence-corrected chi connectivity index (χ1v) is 3.95. The molecule has 0 unspecified atom stereocenters. The predicted molar refractivity (Wildman–Crippen MR) is 48.3 cm³/mol. The highest BCUT2D eigenvalue weighted by Gasteiger charge is 1.89. The fourth-order valence-electron chi connectivity index (χ4n) is 0.599. The molecule has 0 radical (unpaired) electrons. The van der Waals surface area contributed by atoms with E-state index in [4.69, 9.17) is 11.6 Å². The number of hydrogen-bond donors (Lipinski definition) is 1. The van der Waals surface area contributed by atoms with Crippen LogP contribution in [0, 0.1) is 0 Å². The van der Waals surface area contributed by atoms with Crippen LogP contribution in [0.5, 0.6) is 0 Å². The number of anilines is 1. The molecule has 0 amide bonds. The maximum atomic E-state index is 5.63. The van der Waals surface area contributed by atoms with E-state index >= 15 is 0 Å². The van der Waals surface area contributed by atoms with Gasteiger partial charge >= 0.3 is 0 Å². The Balaban J connectivity index is 2.53. The molecule has 5 heteroatoms. The molecule has 4 nitrogen and oxygen atoms in total. The normalized spacial score (nSPS) is 10.5. The third-order valence-corrected chi connectivity index (χ3v) is 1.33. The molecule has 0 aliphatic carbocycles. The summed E-state index contributed by atoms with van der Waals surface area (Å²) in [5, 5.41) is 7.99. The van der Waals surface area contributed by atoms with Gasteiger partial charge < -0.3 is 0 Å². The van der Waals surface area contributed by atoms with Crippen molar-refractivity contribution in [3.8, 4) is 0 Å². The van der Waals surface area contributed by atoms with Crippen molar-refractivity contribution in [2.24, 2.45) is 10.3 Å². The first-order valence-electron chi connectivity index (χ1n) is 3.57. The van der Waals surface area contributed by atoms with Crippen molar-refractivity contribution >= 4 is 17.4 Å². The second-order valence-corrected chi connectivity index (χ2v) is 2.47. The summed E-state index contributed by atoms with van der Waals surface area (Å²) in [6, 6.07) is 3.47. The molecule has 1 aromatic rings. The van der Waals surface area contributed by atoms with Gasteiger partial charge in [-0.1, -0.05) is 16.8 Å². The lowest BCUT2D eigenvalue weighted by molar-refractivity contribution is 0.957. The molecule has 1 aromatic heterocycles. The molecule has 0 fully saturated rings. The molecule has 0 aromatic carbocycles. The Bertz CT molecular complexity index is 257. The largest absolute Gasteiger partial charge is 0.243 e. The molecule has 0 aliphatic rings. The van der Waals surface area contributed by atoms with Crippen LogP contribution in [0.25, 0.3) is 0 Å². The fourth-order valence-corrected chi connectivity index (χ4v) is 0.711. The van der Waals surface area contributed by atoms with Gasteiger partial charge in [0, 0.05) is 6.20 Å². The monoisotopic (exact) mass is 184 g/mol. The molecule has 0 bridgehead atoms. The van der Waals surface area contributed by atoms with E-state index in [2.05, 4.69) is 20.7 Å².